The second kappa shape index (κ2) is 6.58. The van der Waals surface area contributed by atoms with Crippen LogP contribution in [0.3, 0.4) is 0 Å². The number of rotatable bonds is 6. The summed E-state index contributed by atoms with van der Waals surface area (Å²) in [7, 11) is 1.98. The van der Waals surface area contributed by atoms with E-state index in [-0.39, 0.29) is 18.7 Å². The summed E-state index contributed by atoms with van der Waals surface area (Å²) in [5.41, 5.74) is 7.15. The highest BCUT2D eigenvalue weighted by Gasteiger charge is 2.19. The van der Waals surface area contributed by atoms with Crippen molar-refractivity contribution in [2.45, 2.75) is 32.0 Å². The molecule has 0 fully saturated rings. The maximum absolute atomic E-state index is 9.34. The van der Waals surface area contributed by atoms with Gasteiger partial charge >= 0.3 is 0 Å². The van der Waals surface area contributed by atoms with Gasteiger partial charge in [-0.2, -0.15) is 0 Å². The maximum Gasteiger partial charge on any atom is 0.0601 e. The molecule has 3 N–H and O–H groups in total. The van der Waals surface area contributed by atoms with Crippen LogP contribution in [0.2, 0.25) is 0 Å². The number of nitrogens with two attached hydrogens (primary N) is 1. The van der Waals surface area contributed by atoms with Gasteiger partial charge in [-0.1, -0.05) is 6.92 Å². The van der Waals surface area contributed by atoms with Gasteiger partial charge in [0.15, 0.2) is 0 Å². The Bertz CT molecular complexity index is 292. The average Bonchev–Trinajstić information content (AvgIpc) is 2.31. The van der Waals surface area contributed by atoms with Crippen molar-refractivity contribution in [2.75, 3.05) is 13.7 Å². The van der Waals surface area contributed by atoms with E-state index in [9.17, 15) is 5.11 Å². The summed E-state index contributed by atoms with van der Waals surface area (Å²) in [4.78, 5) is 6.06. The third kappa shape index (κ3) is 3.56. The molecule has 2 unspecified atom stereocenters. The van der Waals surface area contributed by atoms with Gasteiger partial charge in [-0.25, -0.2) is 0 Å². The highest BCUT2D eigenvalue weighted by atomic mass is 16.3. The van der Waals surface area contributed by atoms with E-state index in [2.05, 4.69) is 9.88 Å². The fourth-order valence-electron chi connectivity index (χ4n) is 1.77. The monoisotopic (exact) mass is 223 g/mol. The number of nitrogens with zero attached hydrogens (tertiary/aromatic N) is 2. The van der Waals surface area contributed by atoms with Crippen molar-refractivity contribution < 1.29 is 5.11 Å². The Morgan fingerprint density at radius 2 is 2.06 bits per heavy atom. The molecule has 0 bridgehead atoms. The lowest BCUT2D eigenvalue weighted by atomic mass is 10.1. The van der Waals surface area contributed by atoms with E-state index in [4.69, 9.17) is 5.73 Å². The normalized spacial score (nSPS) is 15.1. The smallest absolute Gasteiger partial charge is 0.0601 e. The lowest BCUT2D eigenvalue weighted by molar-refractivity contribution is 0.120. The fraction of sp³-hybridized carbons (Fsp3) is 0.583. The van der Waals surface area contributed by atoms with Crippen LogP contribution < -0.4 is 5.73 Å². The summed E-state index contributed by atoms with van der Waals surface area (Å²) >= 11 is 0. The van der Waals surface area contributed by atoms with Crippen LogP contribution in [0.4, 0.5) is 0 Å². The Morgan fingerprint density at radius 1 is 1.44 bits per heavy atom. The van der Waals surface area contributed by atoms with Gasteiger partial charge in [0.05, 0.1) is 6.61 Å². The largest absolute Gasteiger partial charge is 0.395 e. The first-order valence-electron chi connectivity index (χ1n) is 5.64. The van der Waals surface area contributed by atoms with E-state index in [0.717, 1.165) is 13.0 Å². The Morgan fingerprint density at radius 3 is 2.56 bits per heavy atom. The molecule has 1 heterocycles. The Balaban J connectivity index is 2.59. The molecule has 0 aliphatic carbocycles. The minimum Gasteiger partial charge on any atom is -0.395 e. The van der Waals surface area contributed by atoms with E-state index in [0.29, 0.717) is 0 Å². The van der Waals surface area contributed by atoms with Crippen LogP contribution in [0.1, 0.15) is 18.9 Å². The van der Waals surface area contributed by atoms with E-state index < -0.39 is 0 Å². The molecule has 0 aliphatic heterocycles. The molecule has 0 spiro atoms. The van der Waals surface area contributed by atoms with E-state index in [1.807, 2.05) is 26.1 Å². The van der Waals surface area contributed by atoms with E-state index in [1.165, 1.54) is 5.56 Å². The summed E-state index contributed by atoms with van der Waals surface area (Å²) in [5, 5.41) is 9.34. The quantitative estimate of drug-likeness (QED) is 0.742. The minimum atomic E-state index is 0.0110. The molecule has 1 aromatic rings. The first-order chi connectivity index (χ1) is 7.69. The molecule has 0 radical (unpaired) electrons. The zero-order valence-corrected chi connectivity index (χ0v) is 10.0. The summed E-state index contributed by atoms with van der Waals surface area (Å²) in [6, 6.07) is 3.97. The predicted molar refractivity (Wildman–Crippen MR) is 64.8 cm³/mol. The van der Waals surface area contributed by atoms with E-state index in [1.54, 1.807) is 12.4 Å². The second-order valence-corrected chi connectivity index (χ2v) is 4.09. The van der Waals surface area contributed by atoms with Crippen molar-refractivity contribution in [1.29, 1.82) is 0 Å². The van der Waals surface area contributed by atoms with Crippen LogP contribution in [0.25, 0.3) is 0 Å². The zero-order chi connectivity index (χ0) is 12.0. The first kappa shape index (κ1) is 13.1. The SMILES string of the molecule is CCC(N)C(CO)N(C)Cc1ccncc1. The number of hydrogen-bond donors (Lipinski definition) is 2. The molecule has 1 rings (SSSR count). The van der Waals surface area contributed by atoms with Crippen molar-refractivity contribution in [3.05, 3.63) is 30.1 Å². The maximum atomic E-state index is 9.34. The summed E-state index contributed by atoms with van der Waals surface area (Å²) in [6.07, 6.45) is 4.42. The van der Waals surface area contributed by atoms with Crippen LogP contribution in [-0.2, 0) is 6.54 Å². The molecular formula is C12H21N3O. The Kier molecular flexibility index (Phi) is 5.38. The number of aliphatic hydroxyl groups excluding tert-OH is 1. The third-order valence-electron chi connectivity index (χ3n) is 2.90. The minimum absolute atomic E-state index is 0.0110. The van der Waals surface area contributed by atoms with Crippen LogP contribution in [0, 0.1) is 0 Å². The standard InChI is InChI=1S/C12H21N3O/c1-3-11(13)12(9-16)15(2)8-10-4-6-14-7-5-10/h4-7,11-12,16H,3,8-9,13H2,1-2H3. The van der Waals surface area contributed by atoms with Crippen molar-refractivity contribution in [1.82, 2.24) is 9.88 Å². The summed E-state index contributed by atoms with van der Waals surface area (Å²) in [5.74, 6) is 0. The average molecular weight is 223 g/mol. The van der Waals surface area contributed by atoms with Gasteiger partial charge in [-0.05, 0) is 31.2 Å². The molecule has 4 heteroatoms. The van der Waals surface area contributed by atoms with Crippen molar-refractivity contribution in [2.24, 2.45) is 5.73 Å². The highest BCUT2D eigenvalue weighted by Crippen LogP contribution is 2.08. The highest BCUT2D eigenvalue weighted by molar-refractivity contribution is 5.09. The molecule has 4 nitrogen and oxygen atoms in total. The van der Waals surface area contributed by atoms with Crippen molar-refractivity contribution in [3.63, 3.8) is 0 Å². The van der Waals surface area contributed by atoms with Gasteiger partial charge in [0.25, 0.3) is 0 Å². The van der Waals surface area contributed by atoms with Gasteiger partial charge in [-0.3, -0.25) is 9.88 Å². The molecule has 0 amide bonds. The fourth-order valence-corrected chi connectivity index (χ4v) is 1.77. The molecule has 0 aromatic carbocycles. The lowest BCUT2D eigenvalue weighted by Gasteiger charge is -2.30. The molecule has 0 aliphatic rings. The number of aliphatic hydroxyl groups is 1. The van der Waals surface area contributed by atoms with Crippen LogP contribution in [-0.4, -0.2) is 40.7 Å². The number of likely N-dealkylation sites (N-methyl/N-ethyl adjacent to an activating group) is 1. The molecule has 2 atom stereocenters. The van der Waals surface area contributed by atoms with Gasteiger partial charge in [0, 0.05) is 31.0 Å². The first-order valence-corrected chi connectivity index (χ1v) is 5.64. The molecule has 0 saturated carbocycles. The number of pyridine rings is 1. The van der Waals surface area contributed by atoms with Gasteiger partial charge < -0.3 is 10.8 Å². The molecule has 1 aromatic heterocycles. The zero-order valence-electron chi connectivity index (χ0n) is 10.0. The molecule has 90 valence electrons. The van der Waals surface area contributed by atoms with Crippen LogP contribution >= 0.6 is 0 Å². The number of aromatic nitrogens is 1. The Labute approximate surface area is 97.1 Å². The number of hydrogen-bond acceptors (Lipinski definition) is 4. The van der Waals surface area contributed by atoms with Crippen molar-refractivity contribution in [3.8, 4) is 0 Å². The van der Waals surface area contributed by atoms with Gasteiger partial charge in [0.1, 0.15) is 0 Å². The third-order valence-corrected chi connectivity index (χ3v) is 2.90. The van der Waals surface area contributed by atoms with Crippen molar-refractivity contribution >= 4 is 0 Å². The summed E-state index contributed by atoms with van der Waals surface area (Å²) in [6.45, 7) is 2.91. The second-order valence-electron chi connectivity index (χ2n) is 4.09. The van der Waals surface area contributed by atoms with Crippen LogP contribution in [0.15, 0.2) is 24.5 Å². The van der Waals surface area contributed by atoms with Crippen LogP contribution in [0.5, 0.6) is 0 Å². The molecule has 16 heavy (non-hydrogen) atoms. The summed E-state index contributed by atoms with van der Waals surface area (Å²) < 4.78 is 0. The van der Waals surface area contributed by atoms with E-state index >= 15 is 0 Å². The van der Waals surface area contributed by atoms with Gasteiger partial charge in [0.2, 0.25) is 0 Å². The topological polar surface area (TPSA) is 62.4 Å². The Hall–Kier alpha value is -0.970. The lowest BCUT2D eigenvalue weighted by Crippen LogP contribution is -2.47. The molecule has 0 saturated heterocycles. The predicted octanol–water partition coefficient (Wildman–Crippen LogP) is 0.612. The molecular weight excluding hydrogens is 202 g/mol. The van der Waals surface area contributed by atoms with Gasteiger partial charge in [-0.15, -0.1) is 0 Å².